The Hall–Kier alpha value is -3.81. The number of quaternary nitrogens is 1. The lowest BCUT2D eigenvalue weighted by atomic mass is 9.71. The molecule has 1 N–H and O–H groups in total. The fourth-order valence-electron chi connectivity index (χ4n) is 5.71. The van der Waals surface area contributed by atoms with Gasteiger partial charge in [0.1, 0.15) is 23.8 Å². The van der Waals surface area contributed by atoms with Gasteiger partial charge in [-0.1, -0.05) is 24.3 Å². The number of hydroxylamine groups is 3. The molecule has 13 heteroatoms. The van der Waals surface area contributed by atoms with Crippen molar-refractivity contribution in [3.63, 3.8) is 0 Å². The summed E-state index contributed by atoms with van der Waals surface area (Å²) in [6, 6.07) is 7.98. The summed E-state index contributed by atoms with van der Waals surface area (Å²) < 4.78 is 88.5. The van der Waals surface area contributed by atoms with Crippen LogP contribution in [0.5, 0.6) is 0 Å². The SMILES string of the molecule is CCn1nnc(-c2ccc(C[N+]3([O-])CCC(C(O)(c4cc(F)c(C)c(F)c4F)c4cc(F)c(C)c(F)c4F)CC3)cc2)n1. The van der Waals surface area contributed by atoms with Crippen LogP contribution in [0.4, 0.5) is 26.3 Å². The van der Waals surface area contributed by atoms with Crippen molar-refractivity contribution in [2.24, 2.45) is 5.92 Å². The summed E-state index contributed by atoms with van der Waals surface area (Å²) in [5, 5.41) is 37.8. The Morgan fingerprint density at radius 1 is 0.884 bits per heavy atom. The Balaban J connectivity index is 1.45. The number of piperidine rings is 1. The third-order valence-corrected chi connectivity index (χ3v) is 8.38. The molecule has 0 bridgehead atoms. The lowest BCUT2D eigenvalue weighted by Crippen LogP contribution is -2.52. The van der Waals surface area contributed by atoms with Crippen molar-refractivity contribution in [2.75, 3.05) is 13.1 Å². The molecular formula is C30H29F6N5O2. The molecule has 1 aromatic heterocycles. The average molecular weight is 606 g/mol. The number of likely N-dealkylation sites (tertiary alicyclic amines) is 1. The van der Waals surface area contributed by atoms with Crippen molar-refractivity contribution in [3.05, 3.63) is 104 Å². The van der Waals surface area contributed by atoms with Gasteiger partial charge in [-0.3, -0.25) is 0 Å². The second-order valence-corrected chi connectivity index (χ2v) is 11.0. The van der Waals surface area contributed by atoms with E-state index in [1.807, 2.05) is 6.92 Å². The van der Waals surface area contributed by atoms with E-state index in [0.717, 1.165) is 13.8 Å². The molecule has 0 radical (unpaired) electrons. The first-order valence-electron chi connectivity index (χ1n) is 13.7. The van der Waals surface area contributed by atoms with Gasteiger partial charge in [-0.2, -0.15) is 4.80 Å². The highest BCUT2D eigenvalue weighted by Crippen LogP contribution is 2.46. The zero-order chi connectivity index (χ0) is 31.3. The van der Waals surface area contributed by atoms with Crippen molar-refractivity contribution in [1.29, 1.82) is 0 Å². The van der Waals surface area contributed by atoms with Gasteiger partial charge in [0.2, 0.25) is 5.82 Å². The highest BCUT2D eigenvalue weighted by atomic mass is 19.2. The predicted molar refractivity (Wildman–Crippen MR) is 144 cm³/mol. The van der Waals surface area contributed by atoms with Crippen LogP contribution in [0.15, 0.2) is 36.4 Å². The molecule has 0 spiro atoms. The second-order valence-electron chi connectivity index (χ2n) is 11.0. The van der Waals surface area contributed by atoms with Crippen LogP contribution in [0.2, 0.25) is 0 Å². The van der Waals surface area contributed by atoms with Crippen LogP contribution < -0.4 is 0 Å². The van der Waals surface area contributed by atoms with Crippen molar-refractivity contribution in [3.8, 4) is 11.4 Å². The summed E-state index contributed by atoms with van der Waals surface area (Å²) in [6.07, 6.45) is -0.343. The minimum Gasteiger partial charge on any atom is -0.633 e. The molecule has 0 aliphatic carbocycles. The van der Waals surface area contributed by atoms with E-state index in [2.05, 4.69) is 15.4 Å². The number of rotatable bonds is 7. The van der Waals surface area contributed by atoms with Crippen LogP contribution in [0.1, 0.15) is 47.6 Å². The standard InChI is InChI=1S/C30H29F6N5O2/c1-4-40-38-29(37-39-40)19-7-5-18(6-8-19)15-41(43)11-9-20(10-12-41)30(42,21-13-23(31)16(2)25(33)27(21)35)22-14-24(32)17(3)26(34)28(22)36/h5-8,13-14,20,42H,4,9-12,15H2,1-3H3. The van der Waals surface area contributed by atoms with Gasteiger partial charge >= 0.3 is 0 Å². The highest BCUT2D eigenvalue weighted by molar-refractivity contribution is 5.54. The number of nitrogens with zero attached hydrogens (tertiary/aromatic N) is 5. The fraction of sp³-hybridized carbons (Fsp3) is 0.367. The lowest BCUT2D eigenvalue weighted by Gasteiger charge is -2.50. The number of hydrogen-bond donors (Lipinski definition) is 1. The minimum atomic E-state index is -2.89. The first-order chi connectivity index (χ1) is 20.3. The molecule has 2 heterocycles. The smallest absolute Gasteiger partial charge is 0.204 e. The molecule has 0 unspecified atom stereocenters. The monoisotopic (exact) mass is 605 g/mol. The lowest BCUT2D eigenvalue weighted by molar-refractivity contribution is -0.900. The number of halogens is 6. The van der Waals surface area contributed by atoms with Gasteiger partial charge in [-0.05, 0) is 38.1 Å². The fourth-order valence-corrected chi connectivity index (χ4v) is 5.71. The Morgan fingerprint density at radius 2 is 1.40 bits per heavy atom. The van der Waals surface area contributed by atoms with Crippen molar-refractivity contribution in [2.45, 2.75) is 52.3 Å². The minimum absolute atomic E-state index is 0.0187. The Labute approximate surface area is 243 Å². The number of aliphatic hydroxyl groups is 1. The maximum absolute atomic E-state index is 15.3. The number of aromatic nitrogens is 4. The molecule has 1 saturated heterocycles. The van der Waals surface area contributed by atoms with Crippen LogP contribution >= 0.6 is 0 Å². The summed E-state index contributed by atoms with van der Waals surface area (Å²) in [6.45, 7) is 4.09. The van der Waals surface area contributed by atoms with Crippen molar-refractivity contribution < 1.29 is 36.1 Å². The molecule has 1 aliphatic heterocycles. The third kappa shape index (κ3) is 5.41. The molecule has 4 aromatic rings. The molecule has 0 atom stereocenters. The summed E-state index contributed by atoms with van der Waals surface area (Å²) in [4.78, 5) is 1.43. The molecule has 0 saturated carbocycles. The summed E-state index contributed by atoms with van der Waals surface area (Å²) in [5.74, 6) is -9.86. The van der Waals surface area contributed by atoms with Crippen LogP contribution in [0.3, 0.4) is 0 Å². The second kappa shape index (κ2) is 11.4. The molecule has 7 nitrogen and oxygen atoms in total. The largest absolute Gasteiger partial charge is 0.633 e. The van der Waals surface area contributed by atoms with E-state index in [-0.39, 0.29) is 32.5 Å². The van der Waals surface area contributed by atoms with Crippen LogP contribution in [0.25, 0.3) is 11.4 Å². The number of hydrogen-bond acceptors (Lipinski definition) is 5. The van der Waals surface area contributed by atoms with E-state index in [0.29, 0.717) is 35.6 Å². The zero-order valence-corrected chi connectivity index (χ0v) is 23.6. The molecule has 43 heavy (non-hydrogen) atoms. The zero-order valence-electron chi connectivity index (χ0n) is 23.6. The van der Waals surface area contributed by atoms with Gasteiger partial charge in [0.15, 0.2) is 23.3 Å². The molecular weight excluding hydrogens is 576 g/mol. The van der Waals surface area contributed by atoms with E-state index < -0.39 is 73.3 Å². The summed E-state index contributed by atoms with van der Waals surface area (Å²) in [5.41, 5.74) is -4.89. The van der Waals surface area contributed by atoms with Crippen LogP contribution in [-0.2, 0) is 18.7 Å². The third-order valence-electron chi connectivity index (χ3n) is 8.38. The van der Waals surface area contributed by atoms with Crippen LogP contribution in [-0.4, -0.2) is 43.0 Å². The van der Waals surface area contributed by atoms with Gasteiger partial charge in [0.05, 0.1) is 19.6 Å². The van der Waals surface area contributed by atoms with Gasteiger partial charge < -0.3 is 15.0 Å². The topological polar surface area (TPSA) is 86.9 Å². The van der Waals surface area contributed by atoms with Crippen molar-refractivity contribution in [1.82, 2.24) is 20.2 Å². The summed E-state index contributed by atoms with van der Waals surface area (Å²) >= 11 is 0. The Morgan fingerprint density at radius 3 is 1.86 bits per heavy atom. The Kier molecular flexibility index (Phi) is 8.09. The van der Waals surface area contributed by atoms with E-state index in [1.54, 1.807) is 24.3 Å². The maximum atomic E-state index is 15.3. The number of tetrazole rings is 1. The van der Waals surface area contributed by atoms with E-state index in [9.17, 15) is 27.9 Å². The van der Waals surface area contributed by atoms with Gasteiger partial charge in [0.25, 0.3) is 0 Å². The molecule has 1 fully saturated rings. The van der Waals surface area contributed by atoms with E-state index >= 15 is 8.78 Å². The van der Waals surface area contributed by atoms with E-state index in [4.69, 9.17) is 0 Å². The maximum Gasteiger partial charge on any atom is 0.204 e. The number of aryl methyl sites for hydroxylation is 1. The first-order valence-corrected chi connectivity index (χ1v) is 13.7. The first kappa shape index (κ1) is 30.6. The summed E-state index contributed by atoms with van der Waals surface area (Å²) in [7, 11) is 0. The normalized spacial score (nSPS) is 19.2. The van der Waals surface area contributed by atoms with Gasteiger partial charge in [-0.25, -0.2) is 26.3 Å². The predicted octanol–water partition coefficient (Wildman–Crippen LogP) is 5.97. The molecule has 1 aliphatic rings. The Bertz CT molecular complexity index is 1610. The van der Waals surface area contributed by atoms with Crippen LogP contribution in [0, 0.1) is 59.9 Å². The average Bonchev–Trinajstić information content (AvgIpc) is 3.48. The molecule has 228 valence electrons. The van der Waals surface area contributed by atoms with Crippen molar-refractivity contribution >= 4 is 0 Å². The molecule has 3 aromatic carbocycles. The number of benzene rings is 3. The van der Waals surface area contributed by atoms with E-state index in [1.165, 1.54) is 4.80 Å². The molecule has 0 amide bonds. The van der Waals surface area contributed by atoms with Gasteiger partial charge in [0, 0.05) is 52.1 Å². The molecule has 5 rings (SSSR count). The quantitative estimate of drug-likeness (QED) is 0.121. The van der Waals surface area contributed by atoms with Gasteiger partial charge in [-0.15, -0.1) is 10.2 Å². The highest BCUT2D eigenvalue weighted by Gasteiger charge is 2.48.